The molecular weight excluding hydrogens is 140 g/mol. The summed E-state index contributed by atoms with van der Waals surface area (Å²) in [6.07, 6.45) is 2.29. The quantitative estimate of drug-likeness (QED) is 0.633. The number of nitrogens with zero attached hydrogens (tertiary/aromatic N) is 1. The fourth-order valence-electron chi connectivity index (χ4n) is 1.29. The van der Waals surface area contributed by atoms with Crippen molar-refractivity contribution in [3.8, 4) is 0 Å². The normalized spacial score (nSPS) is 27.0. The zero-order valence-corrected chi connectivity index (χ0v) is 7.34. The van der Waals surface area contributed by atoms with Gasteiger partial charge in [-0.25, -0.2) is 5.32 Å². The van der Waals surface area contributed by atoms with E-state index in [0.717, 1.165) is 19.4 Å². The molecule has 3 nitrogen and oxygen atoms in total. The molecule has 1 atom stereocenters. The molecule has 1 radical (unpaired) electrons. The van der Waals surface area contributed by atoms with Crippen LogP contribution < -0.4 is 11.1 Å². The van der Waals surface area contributed by atoms with Crippen molar-refractivity contribution < 1.29 is 4.74 Å². The molecule has 1 heterocycles. The van der Waals surface area contributed by atoms with Gasteiger partial charge in [0.05, 0.1) is 6.10 Å². The van der Waals surface area contributed by atoms with Crippen LogP contribution in [0.1, 0.15) is 26.7 Å². The van der Waals surface area contributed by atoms with Gasteiger partial charge >= 0.3 is 0 Å². The van der Waals surface area contributed by atoms with Gasteiger partial charge in [-0.1, -0.05) is 0 Å². The second kappa shape index (κ2) is 3.52. The second-order valence-corrected chi connectivity index (χ2v) is 3.85. The third-order valence-electron chi connectivity index (χ3n) is 1.76. The highest BCUT2D eigenvalue weighted by Gasteiger charge is 2.21. The number of ether oxygens (including phenoxy) is 1. The first kappa shape index (κ1) is 8.97. The lowest BCUT2D eigenvalue weighted by atomic mass is 9.96. The van der Waals surface area contributed by atoms with Crippen molar-refractivity contribution in [3.05, 3.63) is 0 Å². The summed E-state index contributed by atoms with van der Waals surface area (Å²) in [7, 11) is 0. The van der Waals surface area contributed by atoms with Crippen LogP contribution in [0.2, 0.25) is 0 Å². The average molecular weight is 157 g/mol. The van der Waals surface area contributed by atoms with Crippen molar-refractivity contribution in [2.75, 3.05) is 13.3 Å². The maximum Gasteiger partial charge on any atom is 0.112 e. The van der Waals surface area contributed by atoms with E-state index >= 15 is 0 Å². The van der Waals surface area contributed by atoms with Crippen molar-refractivity contribution in [2.24, 2.45) is 5.73 Å². The van der Waals surface area contributed by atoms with E-state index in [1.165, 1.54) is 0 Å². The topological polar surface area (TPSA) is 49.4 Å². The lowest BCUT2D eigenvalue weighted by molar-refractivity contribution is -0.00888. The lowest BCUT2D eigenvalue weighted by Crippen LogP contribution is -2.40. The molecule has 2 N–H and O–H groups in total. The van der Waals surface area contributed by atoms with E-state index in [1.807, 2.05) is 13.8 Å². The number of rotatable bonds is 2. The highest BCUT2D eigenvalue weighted by atomic mass is 16.5. The Hall–Kier alpha value is -0.120. The predicted molar refractivity (Wildman–Crippen MR) is 44.2 cm³/mol. The summed E-state index contributed by atoms with van der Waals surface area (Å²) in [5.41, 5.74) is 5.75. The van der Waals surface area contributed by atoms with Gasteiger partial charge in [-0.2, -0.15) is 0 Å². The largest absolute Gasteiger partial charge is 0.361 e. The minimum Gasteiger partial charge on any atom is -0.361 e. The number of nitrogens with two attached hydrogens (primary N) is 1. The maximum atomic E-state index is 5.86. The van der Waals surface area contributed by atoms with E-state index in [0.29, 0.717) is 12.8 Å². The van der Waals surface area contributed by atoms with Gasteiger partial charge in [-0.15, -0.1) is 0 Å². The van der Waals surface area contributed by atoms with Crippen LogP contribution in [-0.2, 0) is 4.74 Å². The van der Waals surface area contributed by atoms with Gasteiger partial charge in [0.25, 0.3) is 0 Å². The maximum absolute atomic E-state index is 5.86. The first-order valence-corrected chi connectivity index (χ1v) is 4.12. The van der Waals surface area contributed by atoms with E-state index < -0.39 is 0 Å². The molecule has 0 aromatic heterocycles. The van der Waals surface area contributed by atoms with Crippen LogP contribution in [0.25, 0.3) is 0 Å². The fraction of sp³-hybridized carbons (Fsp3) is 1.00. The molecule has 0 saturated carbocycles. The molecular formula is C8H17N2O. The van der Waals surface area contributed by atoms with Crippen LogP contribution in [0.3, 0.4) is 0 Å². The van der Waals surface area contributed by atoms with Crippen LogP contribution in [0, 0.1) is 0 Å². The molecule has 0 bridgehead atoms. The molecule has 0 aliphatic carbocycles. The highest BCUT2D eigenvalue weighted by molar-refractivity contribution is 4.78. The van der Waals surface area contributed by atoms with Gasteiger partial charge in [0.1, 0.15) is 6.73 Å². The Bertz CT molecular complexity index is 114. The second-order valence-electron chi connectivity index (χ2n) is 3.85. The summed E-state index contributed by atoms with van der Waals surface area (Å²) in [5, 5.41) is 4.09. The summed E-state index contributed by atoms with van der Waals surface area (Å²) >= 11 is 0. The third-order valence-corrected chi connectivity index (χ3v) is 1.76. The fourth-order valence-corrected chi connectivity index (χ4v) is 1.29. The predicted octanol–water partition coefficient (Wildman–Crippen LogP) is 0.465. The summed E-state index contributed by atoms with van der Waals surface area (Å²) in [6, 6.07) is 0. The zero-order chi connectivity index (χ0) is 8.32. The van der Waals surface area contributed by atoms with Crippen molar-refractivity contribution in [1.82, 2.24) is 5.32 Å². The molecule has 3 heteroatoms. The Morgan fingerprint density at radius 2 is 2.36 bits per heavy atom. The van der Waals surface area contributed by atoms with Crippen LogP contribution >= 0.6 is 0 Å². The van der Waals surface area contributed by atoms with E-state index in [9.17, 15) is 0 Å². The average Bonchev–Trinajstić information content (AvgIpc) is 1.85. The van der Waals surface area contributed by atoms with Crippen molar-refractivity contribution in [3.63, 3.8) is 0 Å². The number of hydrogen-bond acceptors (Lipinski definition) is 2. The van der Waals surface area contributed by atoms with Gasteiger partial charge in [-0.3, -0.25) is 0 Å². The van der Waals surface area contributed by atoms with Crippen LogP contribution in [-0.4, -0.2) is 24.9 Å². The number of hydrogen-bond donors (Lipinski definition) is 1. The molecule has 1 unspecified atom stereocenters. The van der Waals surface area contributed by atoms with Gasteiger partial charge in [0.2, 0.25) is 0 Å². The summed E-state index contributed by atoms with van der Waals surface area (Å²) in [4.78, 5) is 0. The molecule has 0 aromatic rings. The first-order valence-electron chi connectivity index (χ1n) is 4.12. The van der Waals surface area contributed by atoms with Crippen LogP contribution in [0.4, 0.5) is 0 Å². The molecule has 11 heavy (non-hydrogen) atoms. The standard InChI is InChI=1S/C8H17N2O/c1-8(2,9)5-7-3-4-10-6-11-7/h7H,3-6,9H2,1-2H3. The Morgan fingerprint density at radius 3 is 2.82 bits per heavy atom. The van der Waals surface area contributed by atoms with E-state index in [4.69, 9.17) is 10.5 Å². The molecule has 1 aliphatic rings. The Labute approximate surface area is 68.3 Å². The Morgan fingerprint density at radius 1 is 1.64 bits per heavy atom. The SMILES string of the molecule is CC(C)(N)CC1CC[N]CO1. The molecule has 1 saturated heterocycles. The molecule has 1 aliphatic heterocycles. The lowest BCUT2D eigenvalue weighted by Gasteiger charge is -2.28. The van der Waals surface area contributed by atoms with Crippen molar-refractivity contribution in [2.45, 2.75) is 38.3 Å². The van der Waals surface area contributed by atoms with Gasteiger partial charge in [-0.05, 0) is 26.7 Å². The molecule has 0 amide bonds. The summed E-state index contributed by atoms with van der Waals surface area (Å²) < 4.78 is 5.41. The highest BCUT2D eigenvalue weighted by Crippen LogP contribution is 2.15. The minimum absolute atomic E-state index is 0.109. The van der Waals surface area contributed by atoms with Crippen LogP contribution in [0.5, 0.6) is 0 Å². The van der Waals surface area contributed by atoms with Gasteiger partial charge in [0, 0.05) is 12.1 Å². The van der Waals surface area contributed by atoms with Crippen LogP contribution in [0.15, 0.2) is 0 Å². The smallest absolute Gasteiger partial charge is 0.112 e. The first-order chi connectivity index (χ1) is 5.08. The van der Waals surface area contributed by atoms with E-state index in [-0.39, 0.29) is 5.54 Å². The third kappa shape index (κ3) is 3.70. The van der Waals surface area contributed by atoms with E-state index in [2.05, 4.69) is 5.32 Å². The molecule has 65 valence electrons. The Kier molecular flexibility index (Phi) is 2.87. The van der Waals surface area contributed by atoms with Crippen molar-refractivity contribution >= 4 is 0 Å². The summed E-state index contributed by atoms with van der Waals surface area (Å²) in [6.45, 7) is 5.55. The molecule has 0 spiro atoms. The molecule has 1 fully saturated rings. The van der Waals surface area contributed by atoms with Gasteiger partial charge < -0.3 is 10.5 Å². The Balaban J connectivity index is 2.24. The zero-order valence-electron chi connectivity index (χ0n) is 7.34. The van der Waals surface area contributed by atoms with Gasteiger partial charge in [0.15, 0.2) is 0 Å². The minimum atomic E-state index is -0.109. The van der Waals surface area contributed by atoms with E-state index in [1.54, 1.807) is 0 Å². The molecule has 0 aromatic carbocycles. The molecule has 1 rings (SSSR count). The summed E-state index contributed by atoms with van der Waals surface area (Å²) in [5.74, 6) is 0. The monoisotopic (exact) mass is 157 g/mol. The van der Waals surface area contributed by atoms with Crippen molar-refractivity contribution in [1.29, 1.82) is 0 Å².